The topological polar surface area (TPSA) is 84.7 Å². The van der Waals surface area contributed by atoms with Crippen molar-refractivity contribution in [2.24, 2.45) is 0 Å². The zero-order valence-corrected chi connectivity index (χ0v) is 15.2. The Morgan fingerprint density at radius 3 is 2.85 bits per heavy atom. The van der Waals surface area contributed by atoms with Crippen LogP contribution in [-0.2, 0) is 11.3 Å². The van der Waals surface area contributed by atoms with E-state index in [1.807, 2.05) is 24.3 Å². The highest BCUT2D eigenvalue weighted by atomic mass is 35.5. The first-order valence-corrected chi connectivity index (χ1v) is 8.68. The van der Waals surface area contributed by atoms with Crippen LogP contribution < -0.4 is 20.7 Å². The van der Waals surface area contributed by atoms with E-state index in [4.69, 9.17) is 22.1 Å². The number of nitrogens with zero attached hydrogens (tertiary/aromatic N) is 1. The number of nitrogen functional groups attached to an aromatic ring is 1. The molecule has 0 aromatic heterocycles. The number of methoxy groups -OCH3 is 1. The van der Waals surface area contributed by atoms with Crippen LogP contribution in [-0.4, -0.2) is 25.5 Å². The molecule has 1 heterocycles. The van der Waals surface area contributed by atoms with Gasteiger partial charge in [0.15, 0.2) is 0 Å². The number of hydrogen-bond donors (Lipinski definition) is 2. The summed E-state index contributed by atoms with van der Waals surface area (Å²) in [6, 6.07) is 10.6. The molecule has 1 aliphatic heterocycles. The largest absolute Gasteiger partial charge is 0.496 e. The van der Waals surface area contributed by atoms with Gasteiger partial charge in [-0.1, -0.05) is 23.7 Å². The number of halogens is 1. The molecule has 7 heteroatoms. The minimum Gasteiger partial charge on any atom is -0.496 e. The van der Waals surface area contributed by atoms with Crippen LogP contribution in [0.4, 0.5) is 11.4 Å². The van der Waals surface area contributed by atoms with Gasteiger partial charge in [-0.3, -0.25) is 9.59 Å². The number of amides is 2. The Labute approximate surface area is 156 Å². The fourth-order valence-electron chi connectivity index (χ4n) is 2.95. The second kappa shape index (κ2) is 7.66. The van der Waals surface area contributed by atoms with Crippen LogP contribution in [0.1, 0.15) is 28.8 Å². The number of hydrogen-bond acceptors (Lipinski definition) is 4. The average Bonchev–Trinajstić information content (AvgIpc) is 3.07. The predicted octanol–water partition coefficient (Wildman–Crippen LogP) is 2.99. The van der Waals surface area contributed by atoms with Crippen molar-refractivity contribution in [2.45, 2.75) is 19.4 Å². The summed E-state index contributed by atoms with van der Waals surface area (Å²) in [6.45, 7) is 1.05. The number of benzene rings is 2. The molecule has 1 saturated heterocycles. The van der Waals surface area contributed by atoms with E-state index >= 15 is 0 Å². The molecule has 136 valence electrons. The zero-order valence-electron chi connectivity index (χ0n) is 14.4. The van der Waals surface area contributed by atoms with E-state index in [1.165, 1.54) is 19.2 Å². The first-order chi connectivity index (χ1) is 12.5. The number of nitrogens with two attached hydrogens (primary N) is 1. The molecule has 3 N–H and O–H groups in total. The molecule has 26 heavy (non-hydrogen) atoms. The molecular weight excluding hydrogens is 354 g/mol. The molecular formula is C19H20ClN3O3. The maximum Gasteiger partial charge on any atom is 0.255 e. The zero-order chi connectivity index (χ0) is 18.7. The third-order valence-electron chi connectivity index (χ3n) is 4.31. The van der Waals surface area contributed by atoms with Crippen molar-refractivity contribution in [2.75, 3.05) is 24.3 Å². The maximum atomic E-state index is 12.5. The number of rotatable bonds is 5. The molecule has 3 rings (SSSR count). The van der Waals surface area contributed by atoms with E-state index in [1.54, 1.807) is 4.90 Å². The summed E-state index contributed by atoms with van der Waals surface area (Å²) in [5, 5.41) is 3.14. The quantitative estimate of drug-likeness (QED) is 0.789. The summed E-state index contributed by atoms with van der Waals surface area (Å²) in [5.41, 5.74) is 8.16. The van der Waals surface area contributed by atoms with Crippen LogP contribution in [0.15, 0.2) is 36.4 Å². The molecule has 2 amide bonds. The van der Waals surface area contributed by atoms with Gasteiger partial charge in [0, 0.05) is 31.3 Å². The molecule has 0 bridgehead atoms. The molecule has 6 nitrogen and oxygen atoms in total. The summed E-state index contributed by atoms with van der Waals surface area (Å²) < 4.78 is 5.21. The molecule has 0 radical (unpaired) electrons. The molecule has 2 aromatic rings. The lowest BCUT2D eigenvalue weighted by atomic mass is 10.1. The number of carbonyl (C=O) groups excluding carboxylic acids is 2. The molecule has 1 fully saturated rings. The minimum atomic E-state index is -0.314. The van der Waals surface area contributed by atoms with Gasteiger partial charge in [-0.15, -0.1) is 0 Å². The minimum absolute atomic E-state index is 0.132. The maximum absolute atomic E-state index is 12.5. The van der Waals surface area contributed by atoms with Crippen LogP contribution in [0.3, 0.4) is 0 Å². The van der Waals surface area contributed by atoms with Crippen molar-refractivity contribution in [3.8, 4) is 5.75 Å². The number of anilines is 2. The molecule has 0 saturated carbocycles. The van der Waals surface area contributed by atoms with E-state index in [0.717, 1.165) is 24.2 Å². The lowest BCUT2D eigenvalue weighted by Gasteiger charge is -2.17. The summed E-state index contributed by atoms with van der Waals surface area (Å²) in [6.07, 6.45) is 1.45. The highest BCUT2D eigenvalue weighted by molar-refractivity contribution is 6.33. The van der Waals surface area contributed by atoms with Gasteiger partial charge in [0.05, 0.1) is 23.4 Å². The van der Waals surface area contributed by atoms with Crippen molar-refractivity contribution in [1.82, 2.24) is 5.32 Å². The summed E-state index contributed by atoms with van der Waals surface area (Å²) >= 11 is 6.01. The van der Waals surface area contributed by atoms with Crippen LogP contribution in [0.2, 0.25) is 5.02 Å². The van der Waals surface area contributed by atoms with Crippen molar-refractivity contribution < 1.29 is 14.3 Å². The number of nitrogens with one attached hydrogen (secondary N) is 1. The van der Waals surface area contributed by atoms with Crippen molar-refractivity contribution in [3.63, 3.8) is 0 Å². The summed E-state index contributed by atoms with van der Waals surface area (Å²) in [5.74, 6) is 0.180. The smallest absolute Gasteiger partial charge is 0.255 e. The second-order valence-corrected chi connectivity index (χ2v) is 6.48. The van der Waals surface area contributed by atoms with Gasteiger partial charge in [0.25, 0.3) is 5.91 Å². The summed E-state index contributed by atoms with van der Waals surface area (Å²) in [4.78, 5) is 26.2. The Hall–Kier alpha value is -2.73. The Kier molecular flexibility index (Phi) is 5.32. The monoisotopic (exact) mass is 373 g/mol. The molecule has 0 unspecified atom stereocenters. The Morgan fingerprint density at radius 2 is 2.15 bits per heavy atom. The van der Waals surface area contributed by atoms with Gasteiger partial charge in [-0.25, -0.2) is 0 Å². The standard InChI is InChI=1S/C19H20ClN3O3/c1-26-17-10-16(21)15(20)9-14(17)19(25)22-11-12-4-2-5-13(8-12)23-7-3-6-18(23)24/h2,4-5,8-10H,3,6-7,11,21H2,1H3,(H,22,25). The fraction of sp³-hybridized carbons (Fsp3) is 0.263. The van der Waals surface area contributed by atoms with Crippen molar-refractivity contribution in [1.29, 1.82) is 0 Å². The van der Waals surface area contributed by atoms with Crippen LogP contribution in [0.25, 0.3) is 0 Å². The van der Waals surface area contributed by atoms with Gasteiger partial charge >= 0.3 is 0 Å². The van der Waals surface area contributed by atoms with E-state index in [2.05, 4.69) is 5.32 Å². The molecule has 0 aliphatic carbocycles. The highest BCUT2D eigenvalue weighted by Crippen LogP contribution is 2.29. The van der Waals surface area contributed by atoms with Gasteiger partial charge in [-0.2, -0.15) is 0 Å². The molecule has 2 aromatic carbocycles. The van der Waals surface area contributed by atoms with Crippen molar-refractivity contribution in [3.05, 3.63) is 52.5 Å². The van der Waals surface area contributed by atoms with Crippen LogP contribution in [0.5, 0.6) is 5.75 Å². The van der Waals surface area contributed by atoms with Crippen molar-refractivity contribution >= 4 is 34.8 Å². The Balaban J connectivity index is 1.72. The lowest BCUT2D eigenvalue weighted by molar-refractivity contribution is -0.117. The SMILES string of the molecule is COc1cc(N)c(Cl)cc1C(=O)NCc1cccc(N2CCCC2=O)c1. The van der Waals surface area contributed by atoms with E-state index in [-0.39, 0.29) is 11.8 Å². The second-order valence-electron chi connectivity index (χ2n) is 6.08. The first-order valence-electron chi connectivity index (χ1n) is 8.30. The molecule has 1 aliphatic rings. The molecule has 0 atom stereocenters. The first kappa shape index (κ1) is 18.1. The third-order valence-corrected chi connectivity index (χ3v) is 4.64. The van der Waals surface area contributed by atoms with Crippen LogP contribution >= 0.6 is 11.6 Å². The number of carbonyl (C=O) groups is 2. The predicted molar refractivity (Wildman–Crippen MR) is 102 cm³/mol. The van der Waals surface area contributed by atoms with Gasteiger partial charge in [0.2, 0.25) is 5.91 Å². The van der Waals surface area contributed by atoms with Gasteiger partial charge < -0.3 is 20.7 Å². The fourth-order valence-corrected chi connectivity index (χ4v) is 3.11. The lowest BCUT2D eigenvalue weighted by Crippen LogP contribution is -2.25. The normalized spacial score (nSPS) is 13.8. The van der Waals surface area contributed by atoms with E-state index < -0.39 is 0 Å². The van der Waals surface area contributed by atoms with Crippen LogP contribution in [0, 0.1) is 0 Å². The van der Waals surface area contributed by atoms with E-state index in [9.17, 15) is 9.59 Å². The summed E-state index contributed by atoms with van der Waals surface area (Å²) in [7, 11) is 1.47. The number of ether oxygens (including phenoxy) is 1. The third kappa shape index (κ3) is 3.75. The molecule has 0 spiro atoms. The van der Waals surface area contributed by atoms with E-state index in [0.29, 0.717) is 35.0 Å². The van der Waals surface area contributed by atoms with Gasteiger partial charge in [-0.05, 0) is 30.2 Å². The Morgan fingerprint density at radius 1 is 1.35 bits per heavy atom. The average molecular weight is 374 g/mol. The van der Waals surface area contributed by atoms with Gasteiger partial charge in [0.1, 0.15) is 5.75 Å². The highest BCUT2D eigenvalue weighted by Gasteiger charge is 2.21. The Bertz CT molecular complexity index is 854.